The van der Waals surface area contributed by atoms with Gasteiger partial charge in [0, 0.05) is 16.3 Å². The number of hydrogen-bond acceptors (Lipinski definition) is 4. The van der Waals surface area contributed by atoms with Crippen LogP contribution in [0.3, 0.4) is 0 Å². The molecule has 0 spiro atoms. The molecule has 0 saturated carbocycles. The maximum absolute atomic E-state index is 13.5. The summed E-state index contributed by atoms with van der Waals surface area (Å²) in [5, 5.41) is 5.18. The van der Waals surface area contributed by atoms with E-state index in [0.717, 1.165) is 16.8 Å². The fourth-order valence-corrected chi connectivity index (χ4v) is 3.63. The Labute approximate surface area is 173 Å². The molecule has 0 bridgehead atoms. The van der Waals surface area contributed by atoms with Crippen LogP contribution in [0.15, 0.2) is 42.5 Å². The summed E-state index contributed by atoms with van der Waals surface area (Å²) in [6.07, 6.45) is 0. The number of carbonyl (C=O) groups excluding carboxylic acids is 1. The van der Waals surface area contributed by atoms with Crippen LogP contribution in [0.2, 0.25) is 5.02 Å². The van der Waals surface area contributed by atoms with Gasteiger partial charge >= 0.3 is 0 Å². The van der Waals surface area contributed by atoms with Crippen LogP contribution in [-0.4, -0.2) is 20.5 Å². The van der Waals surface area contributed by atoms with Crippen molar-refractivity contribution in [2.45, 2.75) is 32.9 Å². The quantitative estimate of drug-likeness (QED) is 0.494. The number of anilines is 2. The monoisotopic (exact) mass is 413 g/mol. The number of halogens is 2. The molecule has 3 aromatic rings. The summed E-state index contributed by atoms with van der Waals surface area (Å²) in [5.41, 5.74) is 2.23. The van der Waals surface area contributed by atoms with Crippen molar-refractivity contribution in [1.29, 1.82) is 0 Å². The lowest BCUT2D eigenvalue weighted by Gasteiger charge is -2.38. The van der Waals surface area contributed by atoms with Crippen molar-refractivity contribution in [1.82, 2.24) is 14.6 Å². The first-order chi connectivity index (χ1) is 13.7. The molecule has 2 aromatic carbocycles. The van der Waals surface area contributed by atoms with E-state index < -0.39 is 5.54 Å². The number of imidazole rings is 1. The number of aromatic nitrogens is 2. The molecule has 1 aromatic heterocycles. The lowest BCUT2D eigenvalue weighted by molar-refractivity contribution is -0.141. The summed E-state index contributed by atoms with van der Waals surface area (Å²) in [4.78, 5) is 17.3. The molecule has 3 N–H and O–H groups in total. The molecule has 0 unspecified atom stereocenters. The minimum atomic E-state index is -0.811. The fourth-order valence-electron chi connectivity index (χ4n) is 3.45. The van der Waals surface area contributed by atoms with E-state index in [1.807, 2.05) is 43.5 Å². The van der Waals surface area contributed by atoms with E-state index in [-0.39, 0.29) is 18.3 Å². The van der Waals surface area contributed by atoms with Crippen molar-refractivity contribution in [3.05, 3.63) is 64.7 Å². The van der Waals surface area contributed by atoms with E-state index in [4.69, 9.17) is 22.4 Å². The number of hydrazine groups is 1. The molecule has 1 amide bonds. The first kappa shape index (κ1) is 19.4. The van der Waals surface area contributed by atoms with Crippen LogP contribution >= 0.6 is 11.6 Å². The van der Waals surface area contributed by atoms with E-state index >= 15 is 0 Å². The summed E-state index contributed by atoms with van der Waals surface area (Å²) >= 11 is 6.28. The number of aryl methyl sites for hydroxylation is 1. The minimum Gasteiger partial charge on any atom is -0.340 e. The van der Waals surface area contributed by atoms with Crippen LogP contribution in [0, 0.1) is 12.7 Å². The van der Waals surface area contributed by atoms with Gasteiger partial charge in [-0.15, -0.1) is 0 Å². The van der Waals surface area contributed by atoms with Gasteiger partial charge in [-0.3, -0.25) is 9.80 Å². The van der Waals surface area contributed by atoms with Gasteiger partial charge in [-0.2, -0.15) is 0 Å². The lowest BCUT2D eigenvalue weighted by Crippen LogP contribution is -2.56. The molecule has 1 aliphatic rings. The van der Waals surface area contributed by atoms with Crippen LogP contribution in [0.1, 0.15) is 25.2 Å². The van der Waals surface area contributed by atoms with E-state index in [9.17, 15) is 9.18 Å². The highest BCUT2D eigenvalue weighted by Gasteiger charge is 2.41. The van der Waals surface area contributed by atoms with Crippen molar-refractivity contribution in [3.8, 4) is 11.3 Å². The molecule has 8 heteroatoms. The first-order valence-corrected chi connectivity index (χ1v) is 9.54. The second-order valence-corrected chi connectivity index (χ2v) is 8.04. The van der Waals surface area contributed by atoms with Gasteiger partial charge in [0.25, 0.3) is 5.91 Å². The number of carbonyl (C=O) groups is 1. The third-order valence-corrected chi connectivity index (χ3v) is 5.64. The lowest BCUT2D eigenvalue weighted by atomic mass is 10.0. The Kier molecular flexibility index (Phi) is 4.59. The van der Waals surface area contributed by atoms with E-state index in [2.05, 4.69) is 5.32 Å². The molecule has 0 radical (unpaired) electrons. The Morgan fingerprint density at radius 1 is 1.21 bits per heavy atom. The minimum absolute atomic E-state index is 0.0470. The van der Waals surface area contributed by atoms with Crippen LogP contribution in [0.25, 0.3) is 11.3 Å². The third-order valence-electron chi connectivity index (χ3n) is 5.23. The van der Waals surface area contributed by atoms with E-state index in [1.54, 1.807) is 12.1 Å². The largest absolute Gasteiger partial charge is 0.340 e. The smallest absolute Gasteiger partial charge is 0.257 e. The van der Waals surface area contributed by atoms with Crippen LogP contribution in [0.5, 0.6) is 0 Å². The zero-order chi connectivity index (χ0) is 20.9. The van der Waals surface area contributed by atoms with Gasteiger partial charge in [0.15, 0.2) is 0 Å². The Balaban J connectivity index is 1.90. The number of fused-ring (bicyclic) bond motifs is 1. The predicted octanol–water partition coefficient (Wildman–Crippen LogP) is 4.35. The maximum atomic E-state index is 13.5. The van der Waals surface area contributed by atoms with Gasteiger partial charge in [-0.1, -0.05) is 17.7 Å². The zero-order valence-corrected chi connectivity index (χ0v) is 17.1. The fraction of sp³-hybridized carbons (Fsp3) is 0.238. The van der Waals surface area contributed by atoms with Crippen LogP contribution in [-0.2, 0) is 16.9 Å². The summed E-state index contributed by atoms with van der Waals surface area (Å²) < 4.78 is 15.3. The molecule has 29 heavy (non-hydrogen) atoms. The van der Waals surface area contributed by atoms with Crippen molar-refractivity contribution >= 4 is 29.0 Å². The highest BCUT2D eigenvalue weighted by Crippen LogP contribution is 2.39. The maximum Gasteiger partial charge on any atom is 0.257 e. The number of hydrogen-bond donors (Lipinski definition) is 2. The van der Waals surface area contributed by atoms with Crippen molar-refractivity contribution < 1.29 is 9.18 Å². The SMILES string of the molecule is Cc1ccc(Nc2c(-c3ccc(F)cc3)nc3n2CC(=O)N(N)C3(C)C)cc1Cl. The Morgan fingerprint density at radius 2 is 1.90 bits per heavy atom. The van der Waals surface area contributed by atoms with Gasteiger partial charge in [-0.05, 0) is 62.7 Å². The summed E-state index contributed by atoms with van der Waals surface area (Å²) in [7, 11) is 0. The van der Waals surface area contributed by atoms with Crippen molar-refractivity contribution in [3.63, 3.8) is 0 Å². The summed E-state index contributed by atoms with van der Waals surface area (Å²) in [6, 6.07) is 11.7. The number of amides is 1. The molecule has 150 valence electrons. The number of benzene rings is 2. The van der Waals surface area contributed by atoms with Gasteiger partial charge in [0.2, 0.25) is 0 Å². The highest BCUT2D eigenvalue weighted by atomic mass is 35.5. The van der Waals surface area contributed by atoms with Gasteiger partial charge in [0.05, 0.1) is 0 Å². The van der Waals surface area contributed by atoms with E-state index in [0.29, 0.717) is 22.4 Å². The Hall–Kier alpha value is -2.90. The molecule has 0 atom stereocenters. The van der Waals surface area contributed by atoms with Crippen LogP contribution < -0.4 is 11.2 Å². The van der Waals surface area contributed by atoms with Gasteiger partial charge < -0.3 is 9.88 Å². The summed E-state index contributed by atoms with van der Waals surface area (Å²) in [5.74, 6) is 6.73. The predicted molar refractivity (Wildman–Crippen MR) is 111 cm³/mol. The number of nitrogens with two attached hydrogens (primary N) is 1. The Bertz CT molecular complexity index is 1110. The average Bonchev–Trinajstić information content (AvgIpc) is 3.03. The van der Waals surface area contributed by atoms with Crippen molar-refractivity contribution in [2.75, 3.05) is 5.32 Å². The number of nitrogens with one attached hydrogen (secondary N) is 1. The molecule has 0 saturated heterocycles. The van der Waals surface area contributed by atoms with Crippen LogP contribution in [0.4, 0.5) is 15.9 Å². The molecule has 1 aliphatic heterocycles. The molecule has 0 aliphatic carbocycles. The Morgan fingerprint density at radius 3 is 2.55 bits per heavy atom. The topological polar surface area (TPSA) is 76.2 Å². The standard InChI is InChI=1S/C21H21ClFN5O/c1-12-4-9-15(10-16(12)22)25-19-18(13-5-7-14(23)8-6-13)26-20-21(2,3)28(24)17(29)11-27(19)20/h4-10,25H,11,24H2,1-3H3. The number of rotatable bonds is 3. The third kappa shape index (κ3) is 3.26. The molecule has 6 nitrogen and oxygen atoms in total. The van der Waals surface area contributed by atoms with Crippen molar-refractivity contribution in [2.24, 2.45) is 5.84 Å². The molecular formula is C21H21ClFN5O. The zero-order valence-electron chi connectivity index (χ0n) is 16.3. The number of nitrogens with zero attached hydrogens (tertiary/aromatic N) is 3. The second kappa shape index (κ2) is 6.86. The highest BCUT2D eigenvalue weighted by molar-refractivity contribution is 6.31. The first-order valence-electron chi connectivity index (χ1n) is 9.16. The molecule has 2 heterocycles. The molecular weight excluding hydrogens is 393 g/mol. The average molecular weight is 414 g/mol. The normalized spacial score (nSPS) is 15.4. The molecule has 0 fully saturated rings. The van der Waals surface area contributed by atoms with Gasteiger partial charge in [0.1, 0.15) is 35.2 Å². The van der Waals surface area contributed by atoms with E-state index in [1.165, 1.54) is 17.1 Å². The summed E-state index contributed by atoms with van der Waals surface area (Å²) in [6.45, 7) is 5.65. The second-order valence-electron chi connectivity index (χ2n) is 7.64. The molecule has 4 rings (SSSR count). The van der Waals surface area contributed by atoms with Gasteiger partial charge in [-0.25, -0.2) is 15.2 Å².